The number of halogens is 3. The highest BCUT2D eigenvalue weighted by atomic mass is 19.4. The first kappa shape index (κ1) is 25.6. The molecule has 1 atom stereocenters. The van der Waals surface area contributed by atoms with Crippen LogP contribution in [-0.2, 0) is 15.7 Å². The van der Waals surface area contributed by atoms with E-state index in [1.165, 1.54) is 13.2 Å². The lowest BCUT2D eigenvalue weighted by Crippen LogP contribution is -2.46. The molecular formula is C24H30F3N3O4. The average molecular weight is 482 g/mol. The number of hydrogen-bond acceptors (Lipinski definition) is 6. The maximum atomic E-state index is 13.2. The molecule has 34 heavy (non-hydrogen) atoms. The number of rotatable bonds is 10. The lowest BCUT2D eigenvalue weighted by atomic mass is 10.1. The van der Waals surface area contributed by atoms with E-state index < -0.39 is 17.6 Å². The van der Waals surface area contributed by atoms with Gasteiger partial charge in [-0.2, -0.15) is 13.2 Å². The Morgan fingerprint density at radius 3 is 2.71 bits per heavy atom. The number of carbonyl (C=O) groups is 1. The van der Waals surface area contributed by atoms with E-state index in [9.17, 15) is 18.0 Å². The van der Waals surface area contributed by atoms with Crippen molar-refractivity contribution in [2.24, 2.45) is 0 Å². The first-order valence-electron chi connectivity index (χ1n) is 11.0. The Bertz CT molecular complexity index is 971. The predicted molar refractivity (Wildman–Crippen MR) is 124 cm³/mol. The molecule has 10 heteroatoms. The van der Waals surface area contributed by atoms with Gasteiger partial charge in [-0.1, -0.05) is 12.1 Å². The van der Waals surface area contributed by atoms with Crippen LogP contribution < -0.4 is 19.7 Å². The van der Waals surface area contributed by atoms with Crippen molar-refractivity contribution in [1.29, 1.82) is 0 Å². The molecule has 1 unspecified atom stereocenters. The Kier molecular flexibility index (Phi) is 8.62. The zero-order chi connectivity index (χ0) is 24.7. The number of fused-ring (bicyclic) bond motifs is 1. The zero-order valence-corrected chi connectivity index (χ0v) is 19.5. The smallest absolute Gasteiger partial charge is 0.416 e. The SMILES string of the molecule is CCN1CC(CN(C)CC(=O)Nc2cc(C(F)(F)F)ccc2OCCOC)Oc2ccccc21. The Hall–Kier alpha value is -2.98. The molecule has 0 bridgehead atoms. The van der Waals surface area contributed by atoms with Crippen LogP contribution in [0.15, 0.2) is 42.5 Å². The van der Waals surface area contributed by atoms with Gasteiger partial charge in [-0.05, 0) is 44.3 Å². The van der Waals surface area contributed by atoms with Gasteiger partial charge in [-0.25, -0.2) is 0 Å². The molecule has 0 radical (unpaired) electrons. The van der Waals surface area contributed by atoms with Crippen molar-refractivity contribution < 1.29 is 32.2 Å². The van der Waals surface area contributed by atoms with E-state index in [2.05, 4.69) is 17.1 Å². The van der Waals surface area contributed by atoms with Gasteiger partial charge in [0.25, 0.3) is 0 Å². The largest absolute Gasteiger partial charge is 0.489 e. The Balaban J connectivity index is 1.63. The molecule has 2 aromatic carbocycles. The van der Waals surface area contributed by atoms with E-state index in [-0.39, 0.29) is 37.3 Å². The van der Waals surface area contributed by atoms with Crippen molar-refractivity contribution in [2.75, 3.05) is 63.8 Å². The second-order valence-electron chi connectivity index (χ2n) is 8.04. The third-order valence-electron chi connectivity index (χ3n) is 5.36. The van der Waals surface area contributed by atoms with Crippen LogP contribution in [0, 0.1) is 0 Å². The molecule has 1 amide bonds. The van der Waals surface area contributed by atoms with Crippen LogP contribution in [0.2, 0.25) is 0 Å². The van der Waals surface area contributed by atoms with Gasteiger partial charge in [0.2, 0.25) is 5.91 Å². The minimum atomic E-state index is -4.54. The number of nitrogens with one attached hydrogen (secondary N) is 1. The molecule has 0 saturated carbocycles. The molecule has 186 valence electrons. The number of anilines is 2. The highest BCUT2D eigenvalue weighted by molar-refractivity contribution is 5.93. The molecule has 0 fully saturated rings. The lowest BCUT2D eigenvalue weighted by Gasteiger charge is -2.37. The second-order valence-corrected chi connectivity index (χ2v) is 8.04. The molecule has 1 heterocycles. The number of likely N-dealkylation sites (N-methyl/N-ethyl adjacent to an activating group) is 2. The monoisotopic (exact) mass is 481 g/mol. The average Bonchev–Trinajstić information content (AvgIpc) is 2.78. The fourth-order valence-corrected chi connectivity index (χ4v) is 3.79. The summed E-state index contributed by atoms with van der Waals surface area (Å²) in [4.78, 5) is 16.7. The third kappa shape index (κ3) is 6.77. The maximum Gasteiger partial charge on any atom is 0.416 e. The summed E-state index contributed by atoms with van der Waals surface area (Å²) >= 11 is 0. The van der Waals surface area contributed by atoms with Crippen LogP contribution >= 0.6 is 0 Å². The summed E-state index contributed by atoms with van der Waals surface area (Å²) in [5.74, 6) is 0.481. The van der Waals surface area contributed by atoms with Gasteiger partial charge in [0.15, 0.2) is 0 Å². The van der Waals surface area contributed by atoms with E-state index in [4.69, 9.17) is 14.2 Å². The number of carbonyl (C=O) groups excluding carboxylic acids is 1. The summed E-state index contributed by atoms with van der Waals surface area (Å²) in [6.07, 6.45) is -4.70. The summed E-state index contributed by atoms with van der Waals surface area (Å²) in [5, 5.41) is 2.56. The summed E-state index contributed by atoms with van der Waals surface area (Å²) in [5.41, 5.74) is 0.126. The third-order valence-corrected chi connectivity index (χ3v) is 5.36. The van der Waals surface area contributed by atoms with E-state index in [1.54, 1.807) is 11.9 Å². The van der Waals surface area contributed by atoms with Crippen molar-refractivity contribution in [2.45, 2.75) is 19.2 Å². The van der Waals surface area contributed by atoms with E-state index >= 15 is 0 Å². The van der Waals surface area contributed by atoms with E-state index in [0.29, 0.717) is 13.1 Å². The topological polar surface area (TPSA) is 63.3 Å². The molecule has 1 aliphatic heterocycles. The van der Waals surface area contributed by atoms with Crippen molar-refractivity contribution in [3.8, 4) is 11.5 Å². The summed E-state index contributed by atoms with van der Waals surface area (Å²) in [6.45, 7) is 4.40. The van der Waals surface area contributed by atoms with Gasteiger partial charge in [0.05, 0.1) is 36.6 Å². The fraction of sp³-hybridized carbons (Fsp3) is 0.458. The van der Waals surface area contributed by atoms with Crippen LogP contribution in [0.5, 0.6) is 11.5 Å². The first-order valence-corrected chi connectivity index (χ1v) is 11.0. The van der Waals surface area contributed by atoms with Crippen molar-refractivity contribution in [1.82, 2.24) is 4.90 Å². The molecule has 1 N–H and O–H groups in total. The van der Waals surface area contributed by atoms with Gasteiger partial charge in [0.1, 0.15) is 24.2 Å². The summed E-state index contributed by atoms with van der Waals surface area (Å²) in [6, 6.07) is 10.8. The maximum absolute atomic E-state index is 13.2. The normalized spacial score (nSPS) is 15.6. The van der Waals surface area contributed by atoms with Crippen LogP contribution in [0.3, 0.4) is 0 Å². The number of methoxy groups -OCH3 is 1. The number of nitrogens with zero attached hydrogens (tertiary/aromatic N) is 2. The molecule has 0 aliphatic carbocycles. The van der Waals surface area contributed by atoms with Crippen molar-refractivity contribution in [3.63, 3.8) is 0 Å². The van der Waals surface area contributed by atoms with E-state index in [1.807, 2.05) is 24.3 Å². The fourth-order valence-electron chi connectivity index (χ4n) is 3.79. The van der Waals surface area contributed by atoms with E-state index in [0.717, 1.165) is 30.1 Å². The number of amides is 1. The molecule has 7 nitrogen and oxygen atoms in total. The Morgan fingerprint density at radius 2 is 2.00 bits per heavy atom. The molecule has 2 aromatic rings. The molecule has 0 saturated heterocycles. The minimum Gasteiger partial charge on any atom is -0.489 e. The Labute approximate surface area is 197 Å². The number of ether oxygens (including phenoxy) is 3. The summed E-state index contributed by atoms with van der Waals surface area (Å²) < 4.78 is 56.0. The highest BCUT2D eigenvalue weighted by Gasteiger charge is 2.31. The number of hydrogen-bond donors (Lipinski definition) is 1. The number of benzene rings is 2. The van der Waals surface area contributed by atoms with Crippen molar-refractivity contribution >= 4 is 17.3 Å². The standard InChI is InChI=1S/C24H30F3N3O4/c1-4-30-15-18(34-22-8-6-5-7-20(22)30)14-29(2)16-23(31)28-19-13-17(24(25,26)27)9-10-21(19)33-12-11-32-3/h5-10,13,18H,4,11-12,14-16H2,1-3H3,(H,28,31). The molecule has 0 spiro atoms. The first-order chi connectivity index (χ1) is 16.2. The highest BCUT2D eigenvalue weighted by Crippen LogP contribution is 2.35. The van der Waals surface area contributed by atoms with Gasteiger partial charge in [-0.3, -0.25) is 9.69 Å². The molecule has 1 aliphatic rings. The summed E-state index contributed by atoms with van der Waals surface area (Å²) in [7, 11) is 3.25. The Morgan fingerprint density at radius 1 is 1.24 bits per heavy atom. The van der Waals surface area contributed by atoms with Gasteiger partial charge in [0, 0.05) is 20.2 Å². The quantitative estimate of drug-likeness (QED) is 0.520. The van der Waals surface area contributed by atoms with Crippen molar-refractivity contribution in [3.05, 3.63) is 48.0 Å². The molecular weight excluding hydrogens is 451 g/mol. The lowest BCUT2D eigenvalue weighted by molar-refractivity contribution is -0.137. The molecule has 3 rings (SSSR count). The van der Waals surface area contributed by atoms with Gasteiger partial charge in [-0.15, -0.1) is 0 Å². The van der Waals surface area contributed by atoms with Crippen LogP contribution in [-0.4, -0.2) is 70.5 Å². The van der Waals surface area contributed by atoms with Crippen LogP contribution in [0.25, 0.3) is 0 Å². The van der Waals surface area contributed by atoms with Gasteiger partial charge < -0.3 is 24.4 Å². The van der Waals surface area contributed by atoms with Gasteiger partial charge >= 0.3 is 6.18 Å². The number of para-hydroxylation sites is 2. The number of alkyl halides is 3. The molecule has 0 aromatic heterocycles. The van der Waals surface area contributed by atoms with Crippen LogP contribution in [0.4, 0.5) is 24.5 Å². The second kappa shape index (κ2) is 11.4. The zero-order valence-electron chi connectivity index (χ0n) is 19.5. The van der Waals surface area contributed by atoms with Crippen LogP contribution in [0.1, 0.15) is 12.5 Å². The minimum absolute atomic E-state index is 0.0264. The predicted octanol–water partition coefficient (Wildman–Crippen LogP) is 3.89.